The highest BCUT2D eigenvalue weighted by atomic mass is 16.6. The molecule has 0 spiro atoms. The second-order valence-corrected chi connectivity index (χ2v) is 7.30. The molecule has 0 aliphatic heterocycles. The zero-order valence-electron chi connectivity index (χ0n) is 18.4. The fourth-order valence-electron chi connectivity index (χ4n) is 1.48. The molecule has 1 amide bonds. The smallest absolute Gasteiger partial charge is 0.405 e. The normalized spacial score (nSPS) is 11.0. The molecule has 1 aromatic rings. The van der Waals surface area contributed by atoms with E-state index < -0.39 is 11.7 Å². The number of nitrogens with two attached hydrogens (primary N) is 1. The summed E-state index contributed by atoms with van der Waals surface area (Å²) in [5.41, 5.74) is 6.55. The number of rotatable bonds is 6. The molecule has 6 nitrogen and oxygen atoms in total. The highest BCUT2D eigenvalue weighted by molar-refractivity contribution is 5.68. The van der Waals surface area contributed by atoms with Gasteiger partial charge in [-0.25, -0.2) is 4.79 Å². The number of carbonyl (C=O) groups excluding carboxylic acids is 2. The van der Waals surface area contributed by atoms with Gasteiger partial charge in [-0.15, -0.1) is 0 Å². The van der Waals surface area contributed by atoms with Crippen molar-refractivity contribution in [1.82, 2.24) is 0 Å². The first-order chi connectivity index (χ1) is 12.9. The van der Waals surface area contributed by atoms with Crippen LogP contribution in [0.1, 0.15) is 53.5 Å². The van der Waals surface area contributed by atoms with Gasteiger partial charge in [0.25, 0.3) is 0 Å². The molecule has 28 heavy (non-hydrogen) atoms. The predicted octanol–water partition coefficient (Wildman–Crippen LogP) is 4.80. The SMILES string of the molecule is C=C(C)COC(C)COC(=O)CC.CC(C)(C)OC(N)=O.Cc1ccccc1. The van der Waals surface area contributed by atoms with E-state index in [0.717, 1.165) is 5.57 Å². The zero-order valence-corrected chi connectivity index (χ0v) is 18.4. The number of carbonyl (C=O) groups is 2. The number of aryl methyl sites for hydroxylation is 1. The van der Waals surface area contributed by atoms with Crippen LogP contribution < -0.4 is 5.73 Å². The predicted molar refractivity (Wildman–Crippen MR) is 113 cm³/mol. The zero-order chi connectivity index (χ0) is 22.2. The van der Waals surface area contributed by atoms with Crippen LogP contribution in [0.15, 0.2) is 42.5 Å². The Hall–Kier alpha value is -2.34. The van der Waals surface area contributed by atoms with E-state index in [9.17, 15) is 9.59 Å². The molecule has 1 rings (SSSR count). The second-order valence-electron chi connectivity index (χ2n) is 7.30. The van der Waals surface area contributed by atoms with Gasteiger partial charge in [-0.3, -0.25) is 4.79 Å². The molecule has 0 aromatic heterocycles. The van der Waals surface area contributed by atoms with Crippen molar-refractivity contribution in [2.75, 3.05) is 13.2 Å². The molecule has 1 aromatic carbocycles. The fourth-order valence-corrected chi connectivity index (χ4v) is 1.48. The molecule has 2 N–H and O–H groups in total. The van der Waals surface area contributed by atoms with Gasteiger partial charge < -0.3 is 19.9 Å². The van der Waals surface area contributed by atoms with Gasteiger partial charge in [0, 0.05) is 6.42 Å². The topological polar surface area (TPSA) is 87.8 Å². The van der Waals surface area contributed by atoms with Crippen LogP contribution in [0, 0.1) is 6.92 Å². The van der Waals surface area contributed by atoms with E-state index in [4.69, 9.17) is 15.2 Å². The number of esters is 1. The van der Waals surface area contributed by atoms with Crippen LogP contribution in [-0.4, -0.2) is 37.0 Å². The molecule has 0 saturated carbocycles. The lowest BCUT2D eigenvalue weighted by molar-refractivity contribution is -0.146. The summed E-state index contributed by atoms with van der Waals surface area (Å²) < 4.78 is 14.8. The molecular weight excluding hydrogens is 358 g/mol. The first-order valence-corrected chi connectivity index (χ1v) is 9.29. The van der Waals surface area contributed by atoms with Crippen LogP contribution in [0.3, 0.4) is 0 Å². The minimum Gasteiger partial charge on any atom is -0.463 e. The van der Waals surface area contributed by atoms with Gasteiger partial charge >= 0.3 is 12.1 Å². The van der Waals surface area contributed by atoms with E-state index in [2.05, 4.69) is 30.4 Å². The number of primary amides is 1. The molecule has 0 fully saturated rings. The third-order valence-corrected chi connectivity index (χ3v) is 2.73. The summed E-state index contributed by atoms with van der Waals surface area (Å²) >= 11 is 0. The fraction of sp³-hybridized carbons (Fsp3) is 0.545. The highest BCUT2D eigenvalue weighted by Crippen LogP contribution is 2.04. The van der Waals surface area contributed by atoms with E-state index in [1.807, 2.05) is 32.0 Å². The average Bonchev–Trinajstić information content (AvgIpc) is 2.57. The van der Waals surface area contributed by atoms with E-state index >= 15 is 0 Å². The Labute approximate surface area is 170 Å². The third-order valence-electron chi connectivity index (χ3n) is 2.73. The van der Waals surface area contributed by atoms with Crippen LogP contribution in [0.5, 0.6) is 0 Å². The molecular formula is C22H37NO5. The van der Waals surface area contributed by atoms with Crippen molar-refractivity contribution in [3.8, 4) is 0 Å². The van der Waals surface area contributed by atoms with Gasteiger partial charge in [0.05, 0.1) is 12.7 Å². The maximum Gasteiger partial charge on any atom is 0.405 e. The van der Waals surface area contributed by atoms with Crippen LogP contribution in [0.2, 0.25) is 0 Å². The molecule has 0 aliphatic rings. The van der Waals surface area contributed by atoms with Gasteiger partial charge in [-0.05, 0) is 41.5 Å². The maximum absolute atomic E-state index is 10.8. The van der Waals surface area contributed by atoms with Crippen molar-refractivity contribution in [2.24, 2.45) is 5.73 Å². The second kappa shape index (κ2) is 15.7. The number of ether oxygens (including phenoxy) is 3. The molecule has 1 unspecified atom stereocenters. The van der Waals surface area contributed by atoms with Gasteiger partial charge in [0.1, 0.15) is 12.2 Å². The highest BCUT2D eigenvalue weighted by Gasteiger charge is 2.12. The maximum atomic E-state index is 10.8. The van der Waals surface area contributed by atoms with Crippen molar-refractivity contribution in [1.29, 1.82) is 0 Å². The van der Waals surface area contributed by atoms with Gasteiger partial charge in [-0.2, -0.15) is 0 Å². The lowest BCUT2D eigenvalue weighted by atomic mass is 10.2. The first kappa shape index (κ1) is 27.9. The van der Waals surface area contributed by atoms with Crippen molar-refractivity contribution >= 4 is 12.1 Å². The van der Waals surface area contributed by atoms with Gasteiger partial charge in [0.15, 0.2) is 0 Å². The Morgan fingerprint density at radius 2 is 1.71 bits per heavy atom. The summed E-state index contributed by atoms with van der Waals surface area (Å²) in [6, 6.07) is 10.3. The van der Waals surface area contributed by atoms with Crippen LogP contribution in [-0.2, 0) is 19.0 Å². The van der Waals surface area contributed by atoms with Gasteiger partial charge in [-0.1, -0.05) is 55.0 Å². The summed E-state index contributed by atoms with van der Waals surface area (Å²) in [4.78, 5) is 20.8. The van der Waals surface area contributed by atoms with Crippen molar-refractivity contribution < 1.29 is 23.8 Å². The monoisotopic (exact) mass is 395 g/mol. The molecule has 160 valence electrons. The Balaban J connectivity index is 0. The molecule has 6 heteroatoms. The first-order valence-electron chi connectivity index (χ1n) is 9.29. The number of hydrogen-bond acceptors (Lipinski definition) is 5. The Kier molecular flexibility index (Phi) is 15.6. The lowest BCUT2D eigenvalue weighted by Crippen LogP contribution is -2.27. The number of benzene rings is 1. The molecule has 0 aliphatic carbocycles. The molecule has 0 saturated heterocycles. The van der Waals surface area contributed by atoms with E-state index in [1.165, 1.54) is 5.56 Å². The molecule has 1 atom stereocenters. The summed E-state index contributed by atoms with van der Waals surface area (Å²) in [5, 5.41) is 0. The minimum absolute atomic E-state index is 0.0628. The van der Waals surface area contributed by atoms with Crippen molar-refractivity contribution in [3.63, 3.8) is 0 Å². The Morgan fingerprint density at radius 1 is 1.18 bits per heavy atom. The largest absolute Gasteiger partial charge is 0.463 e. The van der Waals surface area contributed by atoms with Gasteiger partial charge in [0.2, 0.25) is 0 Å². The van der Waals surface area contributed by atoms with E-state index in [1.54, 1.807) is 27.7 Å². The molecule has 0 bridgehead atoms. The summed E-state index contributed by atoms with van der Waals surface area (Å²) in [7, 11) is 0. The van der Waals surface area contributed by atoms with Crippen molar-refractivity contribution in [3.05, 3.63) is 48.0 Å². The third kappa shape index (κ3) is 23.7. The number of hydrogen-bond donors (Lipinski definition) is 1. The van der Waals surface area contributed by atoms with E-state index in [-0.39, 0.29) is 12.1 Å². The molecule has 0 radical (unpaired) electrons. The van der Waals surface area contributed by atoms with E-state index in [0.29, 0.717) is 19.6 Å². The van der Waals surface area contributed by atoms with Crippen molar-refractivity contribution in [2.45, 2.75) is 66.6 Å². The van der Waals surface area contributed by atoms with Crippen LogP contribution in [0.4, 0.5) is 4.79 Å². The summed E-state index contributed by atoms with van der Waals surface area (Å²) in [6.45, 7) is 17.4. The van der Waals surface area contributed by atoms with Crippen LogP contribution in [0.25, 0.3) is 0 Å². The lowest BCUT2D eigenvalue weighted by Gasteiger charge is -2.16. The standard InChI is InChI=1S/C10H18O3.C7H8.C5H11NO2/c1-5-10(11)13-7-9(4)12-6-8(2)3;1-7-5-3-2-4-6-7;1-5(2,3)8-4(6)7/h9H,2,5-7H2,1,3-4H3;2-6H,1H3;1-3H3,(H2,6,7). The van der Waals surface area contributed by atoms with Crippen LogP contribution >= 0.6 is 0 Å². The molecule has 0 heterocycles. The number of amides is 1. The summed E-state index contributed by atoms with van der Waals surface area (Å²) in [6.07, 6.45) is -0.377. The Morgan fingerprint density at radius 3 is 2.00 bits per heavy atom. The summed E-state index contributed by atoms with van der Waals surface area (Å²) in [5.74, 6) is -0.189. The minimum atomic E-state index is -0.725. The quantitative estimate of drug-likeness (QED) is 0.552. The average molecular weight is 396 g/mol. The Bertz CT molecular complexity index is 564.